The maximum Gasteiger partial charge on any atom is 0.278 e. The SMILES string of the molecule is C[NH+](CC(=O)N1CC[NH+](Cc2cccc3ccccc23)CC1)Cc1ccsc1. The molecule has 0 aliphatic carbocycles. The van der Waals surface area contributed by atoms with E-state index in [4.69, 9.17) is 0 Å². The van der Waals surface area contributed by atoms with Gasteiger partial charge in [0.2, 0.25) is 0 Å². The highest BCUT2D eigenvalue weighted by molar-refractivity contribution is 7.07. The molecule has 0 saturated carbocycles. The fourth-order valence-corrected chi connectivity index (χ4v) is 4.81. The molecular formula is C23H29N3OS+2. The molecule has 2 heterocycles. The van der Waals surface area contributed by atoms with Crippen molar-refractivity contribution in [2.75, 3.05) is 39.8 Å². The minimum atomic E-state index is 0.289. The summed E-state index contributed by atoms with van der Waals surface area (Å²) in [4.78, 5) is 17.6. The lowest BCUT2D eigenvalue weighted by Gasteiger charge is -2.32. The summed E-state index contributed by atoms with van der Waals surface area (Å²) in [5, 5.41) is 6.94. The van der Waals surface area contributed by atoms with E-state index < -0.39 is 0 Å². The molecule has 28 heavy (non-hydrogen) atoms. The van der Waals surface area contributed by atoms with Crippen LogP contribution >= 0.6 is 11.3 Å². The van der Waals surface area contributed by atoms with Crippen LogP contribution in [0.25, 0.3) is 10.8 Å². The highest BCUT2D eigenvalue weighted by atomic mass is 32.1. The topological polar surface area (TPSA) is 29.2 Å². The Bertz CT molecular complexity index is 911. The maximum atomic E-state index is 12.7. The summed E-state index contributed by atoms with van der Waals surface area (Å²) < 4.78 is 0. The monoisotopic (exact) mass is 395 g/mol. The molecule has 0 radical (unpaired) electrons. The van der Waals surface area contributed by atoms with Crippen molar-refractivity contribution in [3.63, 3.8) is 0 Å². The molecule has 5 heteroatoms. The van der Waals surface area contributed by atoms with Crippen molar-refractivity contribution >= 4 is 28.0 Å². The van der Waals surface area contributed by atoms with Crippen LogP contribution in [0.15, 0.2) is 59.3 Å². The molecule has 1 aliphatic rings. The van der Waals surface area contributed by atoms with Crippen molar-refractivity contribution in [1.82, 2.24) is 4.90 Å². The number of amides is 1. The molecule has 1 amide bonds. The van der Waals surface area contributed by atoms with Crippen LogP contribution in [0.5, 0.6) is 0 Å². The van der Waals surface area contributed by atoms with Crippen LogP contribution in [-0.4, -0.2) is 50.6 Å². The number of rotatable bonds is 6. The molecule has 2 N–H and O–H groups in total. The third-order valence-corrected chi connectivity index (χ3v) is 6.41. The fourth-order valence-electron chi connectivity index (χ4n) is 4.14. The Morgan fingerprint density at radius 2 is 1.89 bits per heavy atom. The van der Waals surface area contributed by atoms with Gasteiger partial charge in [-0.1, -0.05) is 42.5 Å². The van der Waals surface area contributed by atoms with E-state index >= 15 is 0 Å². The van der Waals surface area contributed by atoms with Gasteiger partial charge in [-0.25, -0.2) is 0 Å². The summed E-state index contributed by atoms with van der Waals surface area (Å²) in [6.45, 7) is 6.31. The number of hydrogen-bond donors (Lipinski definition) is 2. The predicted molar refractivity (Wildman–Crippen MR) is 115 cm³/mol. The molecule has 4 rings (SSSR count). The summed E-state index contributed by atoms with van der Waals surface area (Å²) in [5.74, 6) is 0.289. The number of thiophene rings is 1. The molecule has 1 unspecified atom stereocenters. The number of benzene rings is 2. The minimum Gasteiger partial charge on any atom is -0.328 e. The molecular weight excluding hydrogens is 366 g/mol. The standard InChI is InChI=1S/C23H27N3OS/c1-24(15-19-9-14-28-18-19)17-23(27)26-12-10-25(11-13-26)16-21-7-4-6-20-5-2-3-8-22(20)21/h2-9,14,18H,10-13,15-17H2,1H3/p+2. The summed E-state index contributed by atoms with van der Waals surface area (Å²) in [6.07, 6.45) is 0. The Balaban J connectivity index is 1.29. The molecule has 146 valence electrons. The highest BCUT2D eigenvalue weighted by Gasteiger charge is 2.26. The van der Waals surface area contributed by atoms with Crippen molar-refractivity contribution in [1.29, 1.82) is 0 Å². The second kappa shape index (κ2) is 8.86. The molecule has 1 saturated heterocycles. The fraction of sp³-hybridized carbons (Fsp3) is 0.348. The van der Waals surface area contributed by atoms with Crippen LogP contribution in [0.4, 0.5) is 0 Å². The maximum absolute atomic E-state index is 12.7. The zero-order valence-corrected chi connectivity index (χ0v) is 17.3. The highest BCUT2D eigenvalue weighted by Crippen LogP contribution is 2.17. The largest absolute Gasteiger partial charge is 0.328 e. The number of hydrogen-bond acceptors (Lipinski definition) is 2. The number of nitrogens with zero attached hydrogens (tertiary/aromatic N) is 1. The Labute approximate surface area is 171 Å². The first kappa shape index (κ1) is 19.1. The van der Waals surface area contributed by atoms with E-state index in [9.17, 15) is 4.79 Å². The van der Waals surface area contributed by atoms with Crippen molar-refractivity contribution < 1.29 is 14.6 Å². The van der Waals surface area contributed by atoms with Gasteiger partial charge in [-0.15, -0.1) is 0 Å². The van der Waals surface area contributed by atoms with Crippen LogP contribution < -0.4 is 9.80 Å². The second-order valence-corrected chi connectivity index (χ2v) is 8.67. The van der Waals surface area contributed by atoms with E-state index in [0.717, 1.165) is 39.3 Å². The Morgan fingerprint density at radius 1 is 1.11 bits per heavy atom. The third kappa shape index (κ3) is 4.61. The van der Waals surface area contributed by atoms with Gasteiger partial charge in [0, 0.05) is 11.1 Å². The van der Waals surface area contributed by atoms with E-state index in [1.165, 1.54) is 26.8 Å². The number of carbonyl (C=O) groups is 1. The lowest BCUT2D eigenvalue weighted by molar-refractivity contribution is -0.917. The van der Waals surface area contributed by atoms with E-state index in [0.29, 0.717) is 6.54 Å². The molecule has 0 spiro atoms. The van der Waals surface area contributed by atoms with Gasteiger partial charge in [0.15, 0.2) is 6.54 Å². The van der Waals surface area contributed by atoms with Crippen LogP contribution in [0.1, 0.15) is 11.1 Å². The first-order chi connectivity index (χ1) is 13.7. The second-order valence-electron chi connectivity index (χ2n) is 7.89. The Morgan fingerprint density at radius 3 is 2.68 bits per heavy atom. The third-order valence-electron chi connectivity index (χ3n) is 5.68. The van der Waals surface area contributed by atoms with Crippen LogP contribution in [0.2, 0.25) is 0 Å². The summed E-state index contributed by atoms with van der Waals surface area (Å²) in [5.41, 5.74) is 2.73. The molecule has 2 aromatic carbocycles. The number of piperazine rings is 1. The van der Waals surface area contributed by atoms with Gasteiger partial charge >= 0.3 is 0 Å². The number of likely N-dealkylation sites (N-methyl/N-ethyl adjacent to an activating group) is 1. The summed E-state index contributed by atoms with van der Waals surface area (Å²) >= 11 is 1.72. The van der Waals surface area contributed by atoms with Gasteiger partial charge in [0.25, 0.3) is 5.91 Å². The van der Waals surface area contributed by atoms with Crippen molar-refractivity contribution in [3.8, 4) is 0 Å². The van der Waals surface area contributed by atoms with Crippen molar-refractivity contribution in [2.45, 2.75) is 13.1 Å². The van der Waals surface area contributed by atoms with Gasteiger partial charge in [-0.3, -0.25) is 4.79 Å². The molecule has 1 aromatic heterocycles. The molecule has 1 aliphatic heterocycles. The predicted octanol–water partition coefficient (Wildman–Crippen LogP) is 0.843. The van der Waals surface area contributed by atoms with E-state index in [-0.39, 0.29) is 5.91 Å². The lowest BCUT2D eigenvalue weighted by Crippen LogP contribution is -3.14. The van der Waals surface area contributed by atoms with Gasteiger partial charge in [-0.05, 0) is 27.6 Å². The zero-order chi connectivity index (χ0) is 19.3. The van der Waals surface area contributed by atoms with Crippen molar-refractivity contribution in [3.05, 3.63) is 70.4 Å². The normalized spacial score (nSPS) is 16.4. The van der Waals surface area contributed by atoms with Crippen LogP contribution in [0.3, 0.4) is 0 Å². The minimum absolute atomic E-state index is 0.289. The Hall–Kier alpha value is -2.21. The van der Waals surface area contributed by atoms with Gasteiger partial charge < -0.3 is 14.7 Å². The molecule has 4 nitrogen and oxygen atoms in total. The van der Waals surface area contributed by atoms with E-state index in [1.807, 2.05) is 0 Å². The van der Waals surface area contributed by atoms with E-state index in [1.54, 1.807) is 16.2 Å². The average Bonchev–Trinajstić information content (AvgIpc) is 3.21. The molecule has 0 bridgehead atoms. The number of quaternary nitrogens is 2. The van der Waals surface area contributed by atoms with Gasteiger partial charge in [0.05, 0.1) is 33.2 Å². The number of fused-ring (bicyclic) bond motifs is 1. The zero-order valence-electron chi connectivity index (χ0n) is 16.5. The van der Waals surface area contributed by atoms with Gasteiger partial charge in [0.1, 0.15) is 13.1 Å². The van der Waals surface area contributed by atoms with E-state index in [2.05, 4.69) is 71.2 Å². The van der Waals surface area contributed by atoms with Crippen molar-refractivity contribution in [2.24, 2.45) is 0 Å². The molecule has 3 aromatic rings. The average molecular weight is 396 g/mol. The van der Waals surface area contributed by atoms with Crippen LogP contribution in [-0.2, 0) is 17.9 Å². The smallest absolute Gasteiger partial charge is 0.278 e. The summed E-state index contributed by atoms with van der Waals surface area (Å²) in [6, 6.07) is 17.3. The first-order valence-corrected chi connectivity index (χ1v) is 11.0. The van der Waals surface area contributed by atoms with Crippen LogP contribution in [0, 0.1) is 0 Å². The first-order valence-electron chi connectivity index (χ1n) is 10.1. The Kier molecular flexibility index (Phi) is 6.05. The number of carbonyl (C=O) groups excluding carboxylic acids is 1. The molecule has 1 fully saturated rings. The summed E-state index contributed by atoms with van der Waals surface area (Å²) in [7, 11) is 2.11. The van der Waals surface area contributed by atoms with Gasteiger partial charge in [-0.2, -0.15) is 11.3 Å². The molecule has 1 atom stereocenters. The quantitative estimate of drug-likeness (QED) is 0.637. The lowest BCUT2D eigenvalue weighted by atomic mass is 10.0. The number of nitrogens with one attached hydrogen (secondary N) is 2.